The maximum Gasteiger partial charge on any atom is 0.271 e. The maximum absolute atomic E-state index is 12.4. The SMILES string of the molecule is O=S(=O)(CCc1noc([C@H]2COc3ccccc3O2)n1)c1ccc(Cl)cc1. The molecule has 0 spiro atoms. The first-order valence-corrected chi connectivity index (χ1v) is 10.2. The van der Waals surface area contributed by atoms with Crippen LogP contribution in [0.25, 0.3) is 0 Å². The van der Waals surface area contributed by atoms with Crippen molar-refractivity contribution >= 4 is 21.4 Å². The van der Waals surface area contributed by atoms with Gasteiger partial charge in [0.15, 0.2) is 27.2 Å². The number of para-hydroxylation sites is 2. The Balaban J connectivity index is 1.42. The molecule has 0 bridgehead atoms. The van der Waals surface area contributed by atoms with E-state index in [0.717, 1.165) is 0 Å². The molecule has 27 heavy (non-hydrogen) atoms. The standard InChI is InChI=1S/C18H15ClN2O5S/c19-12-5-7-13(8-6-12)27(22,23)10-9-17-20-18(26-21-17)16-11-24-14-3-1-2-4-15(14)25-16/h1-8,16H,9-11H2/t16-/m1/s1. The van der Waals surface area contributed by atoms with Gasteiger partial charge in [0.1, 0.15) is 6.61 Å². The van der Waals surface area contributed by atoms with E-state index in [2.05, 4.69) is 10.1 Å². The van der Waals surface area contributed by atoms with Gasteiger partial charge in [-0.05, 0) is 36.4 Å². The summed E-state index contributed by atoms with van der Waals surface area (Å²) in [5.74, 6) is 1.66. The lowest BCUT2D eigenvalue weighted by Gasteiger charge is -2.23. The van der Waals surface area contributed by atoms with E-state index >= 15 is 0 Å². The molecule has 1 aliphatic heterocycles. The Labute approximate surface area is 160 Å². The van der Waals surface area contributed by atoms with Crippen LogP contribution < -0.4 is 9.47 Å². The van der Waals surface area contributed by atoms with Crippen molar-refractivity contribution in [3.63, 3.8) is 0 Å². The number of fused-ring (bicyclic) bond motifs is 1. The highest BCUT2D eigenvalue weighted by atomic mass is 35.5. The predicted molar refractivity (Wildman–Crippen MR) is 96.8 cm³/mol. The molecule has 4 rings (SSSR count). The molecule has 0 saturated carbocycles. The molecule has 7 nitrogen and oxygen atoms in total. The molecule has 2 heterocycles. The van der Waals surface area contributed by atoms with Crippen LogP contribution in [0.3, 0.4) is 0 Å². The molecule has 1 aromatic heterocycles. The van der Waals surface area contributed by atoms with E-state index in [-0.39, 0.29) is 29.6 Å². The Morgan fingerprint density at radius 3 is 2.59 bits per heavy atom. The number of hydrogen-bond donors (Lipinski definition) is 0. The minimum absolute atomic E-state index is 0.124. The molecular weight excluding hydrogens is 392 g/mol. The van der Waals surface area contributed by atoms with Crippen molar-refractivity contribution in [3.8, 4) is 11.5 Å². The molecule has 1 atom stereocenters. The highest BCUT2D eigenvalue weighted by Crippen LogP contribution is 2.35. The van der Waals surface area contributed by atoms with E-state index in [0.29, 0.717) is 22.3 Å². The number of rotatable bonds is 5. The monoisotopic (exact) mass is 406 g/mol. The first kappa shape index (κ1) is 17.8. The molecule has 3 aromatic rings. The van der Waals surface area contributed by atoms with Gasteiger partial charge >= 0.3 is 0 Å². The van der Waals surface area contributed by atoms with Crippen LogP contribution in [-0.4, -0.2) is 30.9 Å². The van der Waals surface area contributed by atoms with E-state index in [4.69, 9.17) is 25.6 Å². The minimum atomic E-state index is -3.47. The lowest BCUT2D eigenvalue weighted by molar-refractivity contribution is 0.0665. The second-order valence-corrected chi connectivity index (χ2v) is 8.48. The van der Waals surface area contributed by atoms with Crippen LogP contribution in [0.15, 0.2) is 57.9 Å². The summed E-state index contributed by atoms with van der Waals surface area (Å²) in [6, 6.07) is 13.3. The molecule has 0 unspecified atom stereocenters. The van der Waals surface area contributed by atoms with Gasteiger partial charge < -0.3 is 14.0 Å². The molecule has 2 aromatic carbocycles. The molecule has 9 heteroatoms. The third kappa shape index (κ3) is 3.91. The van der Waals surface area contributed by atoms with Gasteiger partial charge in [0.2, 0.25) is 6.10 Å². The van der Waals surface area contributed by atoms with Crippen molar-refractivity contribution in [1.29, 1.82) is 0 Å². The van der Waals surface area contributed by atoms with Gasteiger partial charge in [0.25, 0.3) is 5.89 Å². The van der Waals surface area contributed by atoms with Crippen LogP contribution in [0, 0.1) is 0 Å². The summed E-state index contributed by atoms with van der Waals surface area (Å²) in [4.78, 5) is 4.45. The largest absolute Gasteiger partial charge is 0.485 e. The number of ether oxygens (including phenoxy) is 2. The molecular formula is C18H15ClN2O5S. The number of halogens is 1. The number of aromatic nitrogens is 2. The Kier molecular flexibility index (Phi) is 4.75. The number of benzene rings is 2. The molecule has 0 fully saturated rings. The number of aryl methyl sites for hydroxylation is 1. The highest BCUT2D eigenvalue weighted by molar-refractivity contribution is 7.91. The fourth-order valence-electron chi connectivity index (χ4n) is 2.63. The third-order valence-electron chi connectivity index (χ3n) is 4.03. The molecule has 0 N–H and O–H groups in total. The summed E-state index contributed by atoms with van der Waals surface area (Å²) < 4.78 is 41.4. The predicted octanol–water partition coefficient (Wildman–Crippen LogP) is 3.25. The van der Waals surface area contributed by atoms with E-state index < -0.39 is 15.9 Å². The summed E-state index contributed by atoms with van der Waals surface area (Å²) in [7, 11) is -3.47. The number of sulfone groups is 1. The van der Waals surface area contributed by atoms with Crippen molar-refractivity contribution in [2.24, 2.45) is 0 Å². The molecule has 0 amide bonds. The zero-order valence-corrected chi connectivity index (χ0v) is 15.6. The van der Waals surface area contributed by atoms with Crippen LogP contribution in [0.4, 0.5) is 0 Å². The van der Waals surface area contributed by atoms with Crippen molar-refractivity contribution in [2.75, 3.05) is 12.4 Å². The quantitative estimate of drug-likeness (QED) is 0.642. The van der Waals surface area contributed by atoms with Crippen molar-refractivity contribution in [3.05, 3.63) is 65.3 Å². The van der Waals surface area contributed by atoms with Gasteiger partial charge in [-0.2, -0.15) is 4.98 Å². The lowest BCUT2D eigenvalue weighted by atomic mass is 10.2. The minimum Gasteiger partial charge on any atom is -0.485 e. The van der Waals surface area contributed by atoms with E-state index in [1.54, 1.807) is 18.2 Å². The van der Waals surface area contributed by atoms with Crippen LogP contribution in [0.2, 0.25) is 5.02 Å². The van der Waals surface area contributed by atoms with Gasteiger partial charge in [-0.15, -0.1) is 0 Å². The summed E-state index contributed by atoms with van der Waals surface area (Å²) in [6.45, 7) is 0.238. The Morgan fingerprint density at radius 1 is 1.07 bits per heavy atom. The van der Waals surface area contributed by atoms with Crippen LogP contribution in [0.5, 0.6) is 11.5 Å². The first-order valence-electron chi connectivity index (χ1n) is 8.20. The van der Waals surface area contributed by atoms with Crippen LogP contribution >= 0.6 is 11.6 Å². The van der Waals surface area contributed by atoms with Gasteiger partial charge in [0.05, 0.1) is 10.6 Å². The zero-order chi connectivity index (χ0) is 18.9. The third-order valence-corrected chi connectivity index (χ3v) is 6.02. The Morgan fingerprint density at radius 2 is 1.81 bits per heavy atom. The summed E-state index contributed by atoms with van der Waals surface area (Å²) in [6.07, 6.45) is -0.410. The molecule has 0 radical (unpaired) electrons. The Hall–Kier alpha value is -2.58. The van der Waals surface area contributed by atoms with E-state index in [1.807, 2.05) is 18.2 Å². The fraction of sp³-hybridized carbons (Fsp3) is 0.222. The van der Waals surface area contributed by atoms with Gasteiger partial charge in [0, 0.05) is 11.4 Å². The topological polar surface area (TPSA) is 91.5 Å². The fourth-order valence-corrected chi connectivity index (χ4v) is 3.99. The summed E-state index contributed by atoms with van der Waals surface area (Å²) >= 11 is 5.79. The van der Waals surface area contributed by atoms with Gasteiger partial charge in [-0.1, -0.05) is 28.9 Å². The second-order valence-electron chi connectivity index (χ2n) is 5.94. The smallest absolute Gasteiger partial charge is 0.271 e. The van der Waals surface area contributed by atoms with Crippen LogP contribution in [-0.2, 0) is 16.3 Å². The van der Waals surface area contributed by atoms with Crippen molar-refractivity contribution in [1.82, 2.24) is 10.1 Å². The van der Waals surface area contributed by atoms with Gasteiger partial charge in [-0.3, -0.25) is 0 Å². The number of nitrogens with zero attached hydrogens (tertiary/aromatic N) is 2. The number of hydrogen-bond acceptors (Lipinski definition) is 7. The molecule has 0 aliphatic carbocycles. The Bertz CT molecular complexity index is 1050. The average molecular weight is 407 g/mol. The van der Waals surface area contributed by atoms with E-state index in [1.165, 1.54) is 12.1 Å². The van der Waals surface area contributed by atoms with Crippen molar-refractivity contribution < 1.29 is 22.4 Å². The molecule has 140 valence electrons. The first-order chi connectivity index (χ1) is 13.0. The maximum atomic E-state index is 12.4. The van der Waals surface area contributed by atoms with Crippen LogP contribution in [0.1, 0.15) is 17.8 Å². The highest BCUT2D eigenvalue weighted by Gasteiger charge is 2.27. The summed E-state index contributed by atoms with van der Waals surface area (Å²) in [5.41, 5.74) is 0. The van der Waals surface area contributed by atoms with E-state index in [9.17, 15) is 8.42 Å². The molecule has 0 saturated heterocycles. The lowest BCUT2D eigenvalue weighted by Crippen LogP contribution is -2.21. The second kappa shape index (κ2) is 7.21. The van der Waals surface area contributed by atoms with Gasteiger partial charge in [-0.25, -0.2) is 8.42 Å². The zero-order valence-electron chi connectivity index (χ0n) is 14.0. The normalized spacial score (nSPS) is 16.3. The summed E-state index contributed by atoms with van der Waals surface area (Å²) in [5, 5.41) is 4.33. The van der Waals surface area contributed by atoms with Crippen molar-refractivity contribution in [2.45, 2.75) is 17.4 Å². The molecule has 1 aliphatic rings. The average Bonchev–Trinajstić information content (AvgIpc) is 3.16.